The third-order valence-corrected chi connectivity index (χ3v) is 4.09. The first-order valence-electron chi connectivity index (χ1n) is 7.78. The predicted molar refractivity (Wildman–Crippen MR) is 89.3 cm³/mol. The number of carbonyl (C=O) groups excluding carboxylic acids is 1. The largest absolute Gasteiger partial charge is 0.455 e. The molecule has 2 atom stereocenters. The number of ether oxygens (including phenoxy) is 2. The lowest BCUT2D eigenvalue weighted by atomic mass is 10.0. The van der Waals surface area contributed by atoms with Gasteiger partial charge in [0, 0.05) is 19.7 Å². The van der Waals surface area contributed by atoms with Crippen LogP contribution in [0.15, 0.2) is 48.5 Å². The predicted octanol–water partition coefficient (Wildman–Crippen LogP) is 3.65. The van der Waals surface area contributed by atoms with Gasteiger partial charge in [-0.3, -0.25) is 4.79 Å². The van der Waals surface area contributed by atoms with Crippen molar-refractivity contribution in [2.45, 2.75) is 25.5 Å². The van der Waals surface area contributed by atoms with Gasteiger partial charge in [-0.15, -0.1) is 0 Å². The van der Waals surface area contributed by atoms with Gasteiger partial charge in [-0.2, -0.15) is 0 Å². The van der Waals surface area contributed by atoms with Gasteiger partial charge in [0.15, 0.2) is 6.10 Å². The van der Waals surface area contributed by atoms with E-state index in [2.05, 4.69) is 41.7 Å². The Morgan fingerprint density at radius 1 is 1.26 bits per heavy atom. The average molecular weight is 311 g/mol. The lowest BCUT2D eigenvalue weighted by molar-refractivity contribution is -0.149. The summed E-state index contributed by atoms with van der Waals surface area (Å²) in [4.78, 5) is 11.3. The molecular weight excluding hydrogens is 290 g/mol. The number of hydrogen-bond donors (Lipinski definition) is 1. The SMILES string of the molecule is COCC(OC(C)=O)c1ccc2c(c1)NC(c1ccccc1)C2. The fraction of sp³-hybridized carbons (Fsp3) is 0.316. The molecule has 0 aliphatic carbocycles. The summed E-state index contributed by atoms with van der Waals surface area (Å²) in [7, 11) is 1.60. The van der Waals surface area contributed by atoms with Gasteiger partial charge in [0.25, 0.3) is 0 Å². The van der Waals surface area contributed by atoms with Crippen molar-refractivity contribution in [3.63, 3.8) is 0 Å². The summed E-state index contributed by atoms with van der Waals surface area (Å²) in [6.07, 6.45) is 0.586. The van der Waals surface area contributed by atoms with Crippen molar-refractivity contribution in [2.75, 3.05) is 19.0 Å². The highest BCUT2D eigenvalue weighted by Gasteiger charge is 2.24. The molecule has 4 nitrogen and oxygen atoms in total. The van der Waals surface area contributed by atoms with E-state index in [-0.39, 0.29) is 18.1 Å². The van der Waals surface area contributed by atoms with Gasteiger partial charge in [0.05, 0.1) is 12.6 Å². The van der Waals surface area contributed by atoms with Gasteiger partial charge in [-0.05, 0) is 29.2 Å². The van der Waals surface area contributed by atoms with E-state index in [0.29, 0.717) is 6.61 Å². The molecule has 0 saturated carbocycles. The number of nitrogens with one attached hydrogen (secondary N) is 1. The Morgan fingerprint density at radius 2 is 2.04 bits per heavy atom. The second kappa shape index (κ2) is 6.84. The van der Waals surface area contributed by atoms with Gasteiger partial charge in [-0.1, -0.05) is 42.5 Å². The normalized spacial score (nSPS) is 17.2. The quantitative estimate of drug-likeness (QED) is 0.856. The van der Waals surface area contributed by atoms with Gasteiger partial charge in [0.2, 0.25) is 0 Å². The number of rotatable bonds is 5. The van der Waals surface area contributed by atoms with Crippen LogP contribution in [-0.4, -0.2) is 19.7 Å². The molecule has 2 unspecified atom stereocenters. The topological polar surface area (TPSA) is 47.6 Å². The third kappa shape index (κ3) is 3.54. The van der Waals surface area contributed by atoms with Crippen LogP contribution in [0.4, 0.5) is 5.69 Å². The lowest BCUT2D eigenvalue weighted by Crippen LogP contribution is -2.14. The van der Waals surface area contributed by atoms with Crippen molar-refractivity contribution in [3.8, 4) is 0 Å². The zero-order chi connectivity index (χ0) is 16.2. The average Bonchev–Trinajstić information content (AvgIpc) is 2.98. The molecular formula is C19H21NO3. The minimum absolute atomic E-state index is 0.288. The molecule has 2 aromatic rings. The summed E-state index contributed by atoms with van der Waals surface area (Å²) in [5.74, 6) is -0.303. The Bertz CT molecular complexity index is 684. The van der Waals surface area contributed by atoms with E-state index in [4.69, 9.17) is 9.47 Å². The smallest absolute Gasteiger partial charge is 0.303 e. The van der Waals surface area contributed by atoms with Crippen LogP contribution in [0.1, 0.15) is 35.8 Å². The van der Waals surface area contributed by atoms with E-state index < -0.39 is 0 Å². The Labute approximate surface area is 136 Å². The monoisotopic (exact) mass is 311 g/mol. The first-order valence-corrected chi connectivity index (χ1v) is 7.78. The number of esters is 1. The maximum Gasteiger partial charge on any atom is 0.303 e. The highest BCUT2D eigenvalue weighted by molar-refractivity contribution is 5.67. The number of carbonyl (C=O) groups is 1. The molecule has 3 rings (SSSR count). The molecule has 1 heterocycles. The van der Waals surface area contributed by atoms with Crippen molar-refractivity contribution in [2.24, 2.45) is 0 Å². The molecule has 1 aliphatic heterocycles. The zero-order valence-electron chi connectivity index (χ0n) is 13.4. The molecule has 0 spiro atoms. The van der Waals surface area contributed by atoms with E-state index in [0.717, 1.165) is 17.7 Å². The fourth-order valence-corrected chi connectivity index (χ4v) is 3.00. The molecule has 0 radical (unpaired) electrons. The van der Waals surface area contributed by atoms with Crippen LogP contribution >= 0.6 is 0 Å². The Balaban J connectivity index is 1.80. The van der Waals surface area contributed by atoms with Crippen molar-refractivity contribution in [1.82, 2.24) is 0 Å². The fourth-order valence-electron chi connectivity index (χ4n) is 3.00. The number of hydrogen-bond acceptors (Lipinski definition) is 4. The van der Waals surface area contributed by atoms with Crippen molar-refractivity contribution >= 4 is 11.7 Å². The lowest BCUT2D eigenvalue weighted by Gasteiger charge is -2.17. The van der Waals surface area contributed by atoms with Gasteiger partial charge in [-0.25, -0.2) is 0 Å². The minimum Gasteiger partial charge on any atom is -0.455 e. The minimum atomic E-state index is -0.375. The second-order valence-corrected chi connectivity index (χ2v) is 5.78. The van der Waals surface area contributed by atoms with Crippen LogP contribution in [0.3, 0.4) is 0 Å². The summed E-state index contributed by atoms with van der Waals surface area (Å²) in [5.41, 5.74) is 4.60. The number of methoxy groups -OCH3 is 1. The Morgan fingerprint density at radius 3 is 2.74 bits per heavy atom. The molecule has 120 valence electrons. The first kappa shape index (κ1) is 15.6. The zero-order valence-corrected chi connectivity index (χ0v) is 13.4. The summed E-state index contributed by atoms with van der Waals surface area (Å²) >= 11 is 0. The number of anilines is 1. The van der Waals surface area contributed by atoms with Crippen LogP contribution < -0.4 is 5.32 Å². The molecule has 0 aromatic heterocycles. The van der Waals surface area contributed by atoms with Gasteiger partial charge in [0.1, 0.15) is 0 Å². The summed E-state index contributed by atoms with van der Waals surface area (Å²) in [6, 6.07) is 16.9. The first-order chi connectivity index (χ1) is 11.2. The van der Waals surface area contributed by atoms with Crippen molar-refractivity contribution in [1.29, 1.82) is 0 Å². The third-order valence-electron chi connectivity index (χ3n) is 4.09. The Hall–Kier alpha value is -2.33. The van der Waals surface area contributed by atoms with Gasteiger partial charge < -0.3 is 14.8 Å². The van der Waals surface area contributed by atoms with E-state index in [9.17, 15) is 4.79 Å². The van der Waals surface area contributed by atoms with E-state index in [1.165, 1.54) is 18.1 Å². The molecule has 4 heteroatoms. The summed E-state index contributed by atoms with van der Waals surface area (Å²) in [5, 5.41) is 3.56. The number of fused-ring (bicyclic) bond motifs is 1. The van der Waals surface area contributed by atoms with Gasteiger partial charge >= 0.3 is 5.97 Å². The standard InChI is InChI=1S/C19H21NO3/c1-13(21)23-19(12-22-2)16-9-8-15-10-17(20-18(15)11-16)14-6-4-3-5-7-14/h3-9,11,17,19-20H,10,12H2,1-2H3. The Kier molecular flexibility index (Phi) is 4.63. The molecule has 0 bridgehead atoms. The molecule has 1 N–H and O–H groups in total. The molecule has 0 amide bonds. The van der Waals surface area contributed by atoms with E-state index in [1.54, 1.807) is 7.11 Å². The molecule has 0 fully saturated rings. The molecule has 2 aromatic carbocycles. The number of benzene rings is 2. The van der Waals surface area contributed by atoms with Crippen LogP contribution in [0.5, 0.6) is 0 Å². The highest BCUT2D eigenvalue weighted by Crippen LogP contribution is 2.36. The molecule has 1 aliphatic rings. The van der Waals surface area contributed by atoms with Crippen LogP contribution in [0.25, 0.3) is 0 Å². The van der Waals surface area contributed by atoms with Crippen LogP contribution in [0, 0.1) is 0 Å². The maximum absolute atomic E-state index is 11.3. The van der Waals surface area contributed by atoms with Crippen LogP contribution in [0.2, 0.25) is 0 Å². The second-order valence-electron chi connectivity index (χ2n) is 5.78. The highest BCUT2D eigenvalue weighted by atomic mass is 16.6. The maximum atomic E-state index is 11.3. The van der Waals surface area contributed by atoms with E-state index >= 15 is 0 Å². The van der Waals surface area contributed by atoms with Crippen molar-refractivity contribution < 1.29 is 14.3 Å². The van der Waals surface area contributed by atoms with Crippen LogP contribution in [-0.2, 0) is 20.7 Å². The van der Waals surface area contributed by atoms with E-state index in [1.807, 2.05) is 12.1 Å². The molecule has 0 saturated heterocycles. The van der Waals surface area contributed by atoms with Crippen molar-refractivity contribution in [3.05, 3.63) is 65.2 Å². The summed E-state index contributed by atoms with van der Waals surface area (Å²) in [6.45, 7) is 1.76. The summed E-state index contributed by atoms with van der Waals surface area (Å²) < 4.78 is 10.5. The molecule has 23 heavy (non-hydrogen) atoms.